The van der Waals surface area contributed by atoms with Gasteiger partial charge in [-0.3, -0.25) is 9.59 Å². The van der Waals surface area contributed by atoms with Gasteiger partial charge in [0.2, 0.25) is 11.8 Å². The number of hydrogen-bond donors (Lipinski definition) is 1. The van der Waals surface area contributed by atoms with Crippen molar-refractivity contribution in [3.05, 3.63) is 11.8 Å². The number of hydrogen-bond acceptors (Lipinski definition) is 4. The molecule has 0 aliphatic carbocycles. The van der Waals surface area contributed by atoms with Crippen molar-refractivity contribution in [3.8, 4) is 0 Å². The van der Waals surface area contributed by atoms with Gasteiger partial charge in [-0.2, -0.15) is 0 Å². The maximum Gasteiger partial charge on any atom is 0.228 e. The highest BCUT2D eigenvalue weighted by molar-refractivity contribution is 5.91. The van der Waals surface area contributed by atoms with Crippen LogP contribution >= 0.6 is 0 Å². The molecule has 6 nitrogen and oxygen atoms in total. The molecule has 0 unspecified atom stereocenters. The minimum atomic E-state index is -0.0575. The van der Waals surface area contributed by atoms with Crippen molar-refractivity contribution in [1.82, 2.24) is 10.1 Å². The van der Waals surface area contributed by atoms with Crippen molar-refractivity contribution in [2.24, 2.45) is 5.92 Å². The molecule has 104 valence electrons. The van der Waals surface area contributed by atoms with Gasteiger partial charge in [-0.1, -0.05) is 12.1 Å². The van der Waals surface area contributed by atoms with Gasteiger partial charge < -0.3 is 14.7 Å². The second-order valence-corrected chi connectivity index (χ2v) is 4.82. The lowest BCUT2D eigenvalue weighted by molar-refractivity contribution is -0.134. The Morgan fingerprint density at radius 2 is 2.16 bits per heavy atom. The van der Waals surface area contributed by atoms with Crippen molar-refractivity contribution in [1.29, 1.82) is 0 Å². The zero-order valence-electron chi connectivity index (χ0n) is 11.3. The molecule has 6 heteroatoms. The fraction of sp³-hybridized carbons (Fsp3) is 0.615. The van der Waals surface area contributed by atoms with Crippen LogP contribution < -0.4 is 5.32 Å². The van der Waals surface area contributed by atoms with Crippen LogP contribution in [0.2, 0.25) is 0 Å². The van der Waals surface area contributed by atoms with E-state index in [0.717, 1.165) is 0 Å². The summed E-state index contributed by atoms with van der Waals surface area (Å²) in [6.07, 6.45) is 1.93. The van der Waals surface area contributed by atoms with Crippen LogP contribution in [0.4, 0.5) is 5.82 Å². The molecule has 0 saturated carbocycles. The van der Waals surface area contributed by atoms with Crippen LogP contribution in [0.5, 0.6) is 0 Å². The minimum Gasteiger partial charge on any atom is -0.360 e. The highest BCUT2D eigenvalue weighted by Crippen LogP contribution is 2.20. The van der Waals surface area contributed by atoms with Crippen LogP contribution in [-0.4, -0.2) is 35.0 Å². The van der Waals surface area contributed by atoms with Crippen LogP contribution in [0.3, 0.4) is 0 Å². The van der Waals surface area contributed by atoms with Gasteiger partial charge in [0.1, 0.15) is 5.76 Å². The van der Waals surface area contributed by atoms with E-state index >= 15 is 0 Å². The van der Waals surface area contributed by atoms with Crippen LogP contribution in [0.15, 0.2) is 10.6 Å². The quantitative estimate of drug-likeness (QED) is 0.900. The molecule has 0 radical (unpaired) electrons. The van der Waals surface area contributed by atoms with E-state index in [-0.39, 0.29) is 17.7 Å². The summed E-state index contributed by atoms with van der Waals surface area (Å²) in [5, 5.41) is 6.48. The number of aromatic nitrogens is 1. The molecule has 1 fully saturated rings. The fourth-order valence-electron chi connectivity index (χ4n) is 2.27. The van der Waals surface area contributed by atoms with E-state index in [1.165, 1.54) is 0 Å². The smallest absolute Gasteiger partial charge is 0.228 e. The second-order valence-electron chi connectivity index (χ2n) is 4.82. The Balaban J connectivity index is 1.84. The van der Waals surface area contributed by atoms with Crippen molar-refractivity contribution in [3.63, 3.8) is 0 Å². The van der Waals surface area contributed by atoms with Gasteiger partial charge in [0.15, 0.2) is 5.82 Å². The number of nitrogens with one attached hydrogen (secondary N) is 1. The van der Waals surface area contributed by atoms with Gasteiger partial charge in [0, 0.05) is 31.5 Å². The molecule has 0 spiro atoms. The topological polar surface area (TPSA) is 75.4 Å². The van der Waals surface area contributed by atoms with Crippen molar-refractivity contribution >= 4 is 17.6 Å². The zero-order chi connectivity index (χ0) is 13.8. The first-order valence-electron chi connectivity index (χ1n) is 6.62. The van der Waals surface area contributed by atoms with Gasteiger partial charge in [-0.25, -0.2) is 0 Å². The van der Waals surface area contributed by atoms with Crippen LogP contribution in [0.25, 0.3) is 0 Å². The number of carbonyl (C=O) groups excluding carboxylic acids is 2. The minimum absolute atomic E-state index is 0.0445. The van der Waals surface area contributed by atoms with Gasteiger partial charge in [-0.05, 0) is 19.8 Å². The number of nitrogens with zero attached hydrogens (tertiary/aromatic N) is 2. The third-order valence-electron chi connectivity index (χ3n) is 3.40. The molecule has 1 aliphatic heterocycles. The molecule has 1 aromatic rings. The van der Waals surface area contributed by atoms with Gasteiger partial charge >= 0.3 is 0 Å². The molecular weight excluding hydrogens is 246 g/mol. The standard InChI is InChI=1S/C13H19N3O3/c1-3-12(17)16-6-4-10(5-7-16)13(18)14-11-8-9(2)19-15-11/h8,10H,3-7H2,1-2H3,(H,14,15,18). The molecule has 0 atom stereocenters. The Kier molecular flexibility index (Phi) is 4.19. The van der Waals surface area contributed by atoms with E-state index in [2.05, 4.69) is 10.5 Å². The lowest BCUT2D eigenvalue weighted by Crippen LogP contribution is -2.41. The molecule has 2 rings (SSSR count). The van der Waals surface area contributed by atoms with E-state index in [4.69, 9.17) is 4.52 Å². The maximum absolute atomic E-state index is 12.0. The third-order valence-corrected chi connectivity index (χ3v) is 3.40. The van der Waals surface area contributed by atoms with E-state index < -0.39 is 0 Å². The Hall–Kier alpha value is -1.85. The molecule has 1 N–H and O–H groups in total. The average molecular weight is 265 g/mol. The molecule has 19 heavy (non-hydrogen) atoms. The monoisotopic (exact) mass is 265 g/mol. The summed E-state index contributed by atoms with van der Waals surface area (Å²) in [5.41, 5.74) is 0. The summed E-state index contributed by atoms with van der Waals surface area (Å²) in [6.45, 7) is 4.94. The lowest BCUT2D eigenvalue weighted by atomic mass is 9.95. The van der Waals surface area contributed by atoms with Crippen LogP contribution in [0.1, 0.15) is 31.9 Å². The van der Waals surface area contributed by atoms with Crippen LogP contribution in [-0.2, 0) is 9.59 Å². The SMILES string of the molecule is CCC(=O)N1CCC(C(=O)Nc2cc(C)on2)CC1. The van der Waals surface area contributed by atoms with Gasteiger partial charge in [0.25, 0.3) is 0 Å². The lowest BCUT2D eigenvalue weighted by Gasteiger charge is -2.30. The fourth-order valence-corrected chi connectivity index (χ4v) is 2.27. The number of amides is 2. The highest BCUT2D eigenvalue weighted by Gasteiger charge is 2.27. The summed E-state index contributed by atoms with van der Waals surface area (Å²) in [7, 11) is 0. The number of aryl methyl sites for hydroxylation is 1. The van der Waals surface area contributed by atoms with E-state index in [1.807, 2.05) is 11.8 Å². The highest BCUT2D eigenvalue weighted by atomic mass is 16.5. The number of piperidine rings is 1. The first kappa shape index (κ1) is 13.6. The zero-order valence-corrected chi connectivity index (χ0v) is 11.3. The Morgan fingerprint density at radius 3 is 2.68 bits per heavy atom. The Morgan fingerprint density at radius 1 is 1.47 bits per heavy atom. The van der Waals surface area contributed by atoms with E-state index in [0.29, 0.717) is 43.9 Å². The van der Waals surface area contributed by atoms with E-state index in [9.17, 15) is 9.59 Å². The number of anilines is 1. The normalized spacial score (nSPS) is 16.4. The summed E-state index contributed by atoms with van der Waals surface area (Å²) in [6, 6.07) is 1.69. The van der Waals surface area contributed by atoms with Crippen LogP contribution in [0, 0.1) is 12.8 Å². The molecule has 1 aliphatic rings. The Labute approximate surface area is 112 Å². The summed E-state index contributed by atoms with van der Waals surface area (Å²) in [5.74, 6) is 1.18. The number of rotatable bonds is 3. The molecule has 1 aromatic heterocycles. The second kappa shape index (κ2) is 5.86. The van der Waals surface area contributed by atoms with Crippen molar-refractivity contribution < 1.29 is 14.1 Å². The first-order valence-corrected chi connectivity index (χ1v) is 6.62. The summed E-state index contributed by atoms with van der Waals surface area (Å²) < 4.78 is 4.90. The van der Waals surface area contributed by atoms with Crippen molar-refractivity contribution in [2.75, 3.05) is 18.4 Å². The van der Waals surface area contributed by atoms with Crippen molar-refractivity contribution in [2.45, 2.75) is 33.1 Å². The Bertz CT molecular complexity index is 461. The number of carbonyl (C=O) groups is 2. The molecule has 0 aromatic carbocycles. The molecule has 2 heterocycles. The molecular formula is C13H19N3O3. The predicted molar refractivity (Wildman–Crippen MR) is 69.5 cm³/mol. The largest absolute Gasteiger partial charge is 0.360 e. The summed E-state index contributed by atoms with van der Waals surface area (Å²) >= 11 is 0. The third kappa shape index (κ3) is 3.33. The summed E-state index contributed by atoms with van der Waals surface area (Å²) in [4.78, 5) is 25.4. The molecule has 0 bridgehead atoms. The first-order chi connectivity index (χ1) is 9.10. The molecule has 2 amide bonds. The maximum atomic E-state index is 12.0. The predicted octanol–water partition coefficient (Wildman–Crippen LogP) is 1.57. The molecule has 1 saturated heterocycles. The number of likely N-dealkylation sites (tertiary alicyclic amines) is 1. The van der Waals surface area contributed by atoms with E-state index in [1.54, 1.807) is 13.0 Å². The average Bonchev–Trinajstić information content (AvgIpc) is 2.83. The van der Waals surface area contributed by atoms with Gasteiger partial charge in [0.05, 0.1) is 0 Å². The van der Waals surface area contributed by atoms with Gasteiger partial charge in [-0.15, -0.1) is 0 Å².